The van der Waals surface area contributed by atoms with Gasteiger partial charge in [0.2, 0.25) is 5.91 Å². The highest BCUT2D eigenvalue weighted by Gasteiger charge is 2.35. The summed E-state index contributed by atoms with van der Waals surface area (Å²) in [6.07, 6.45) is 0.318. The van der Waals surface area contributed by atoms with Gasteiger partial charge in [-0.15, -0.1) is 11.3 Å². The van der Waals surface area contributed by atoms with Crippen LogP contribution >= 0.6 is 22.9 Å². The molecule has 1 aliphatic rings. The number of thiazole rings is 1. The number of carbonyl (C=O) groups is 2. The number of hydrogen-bond acceptors (Lipinski definition) is 5. The lowest BCUT2D eigenvalue weighted by molar-refractivity contribution is -0.146. The SMILES string of the molecule is CCOC(=O)CC1Cc2cc(Cl)ccc2N(Cc2nc3cc(F)cc(F)c3s2)C1=O. The summed E-state index contributed by atoms with van der Waals surface area (Å²) in [6, 6.07) is 7.15. The minimum absolute atomic E-state index is 0.0468. The van der Waals surface area contributed by atoms with Crippen molar-refractivity contribution in [2.75, 3.05) is 11.5 Å². The molecule has 1 aromatic heterocycles. The number of anilines is 1. The third kappa shape index (κ3) is 4.02. The first-order valence-electron chi connectivity index (χ1n) is 9.35. The molecule has 156 valence electrons. The topological polar surface area (TPSA) is 59.5 Å². The number of halogens is 3. The molecule has 1 amide bonds. The Morgan fingerprint density at radius 2 is 2.13 bits per heavy atom. The van der Waals surface area contributed by atoms with E-state index in [1.807, 2.05) is 0 Å². The number of hydrogen-bond donors (Lipinski definition) is 0. The Balaban J connectivity index is 1.69. The second kappa shape index (κ2) is 8.28. The molecule has 9 heteroatoms. The van der Waals surface area contributed by atoms with Gasteiger partial charge in [-0.3, -0.25) is 9.59 Å². The molecule has 0 saturated carbocycles. The van der Waals surface area contributed by atoms with Gasteiger partial charge in [0.15, 0.2) is 0 Å². The Morgan fingerprint density at radius 1 is 1.33 bits per heavy atom. The standard InChI is InChI=1S/C21H17ClF2N2O3S/c1-2-29-19(27)7-12-5-11-6-13(22)3-4-17(11)26(21(12)28)10-18-25-16-9-14(23)8-15(24)20(16)30-18/h3-4,6,8-9,12H,2,5,7,10H2,1H3. The minimum atomic E-state index is -0.708. The molecule has 0 radical (unpaired) electrons. The van der Waals surface area contributed by atoms with Crippen LogP contribution in [-0.4, -0.2) is 23.5 Å². The van der Waals surface area contributed by atoms with Crippen LogP contribution in [0.3, 0.4) is 0 Å². The second-order valence-corrected chi connectivity index (χ2v) is 8.47. The Kier molecular flexibility index (Phi) is 5.71. The van der Waals surface area contributed by atoms with Gasteiger partial charge in [-0.1, -0.05) is 11.6 Å². The summed E-state index contributed by atoms with van der Waals surface area (Å²) in [5.41, 5.74) is 1.70. The van der Waals surface area contributed by atoms with Crippen LogP contribution in [0.5, 0.6) is 0 Å². The number of rotatable bonds is 5. The normalized spacial score (nSPS) is 16.1. The zero-order chi connectivity index (χ0) is 21.4. The number of benzene rings is 2. The molecular formula is C21H17ClF2N2O3S. The Labute approximate surface area is 180 Å². The van der Waals surface area contributed by atoms with Crippen LogP contribution in [0.15, 0.2) is 30.3 Å². The summed E-state index contributed by atoms with van der Waals surface area (Å²) in [6.45, 7) is 2.02. The monoisotopic (exact) mass is 450 g/mol. The fraction of sp³-hybridized carbons (Fsp3) is 0.286. The maximum Gasteiger partial charge on any atom is 0.306 e. The van der Waals surface area contributed by atoms with Gasteiger partial charge in [-0.05, 0) is 37.1 Å². The van der Waals surface area contributed by atoms with E-state index in [9.17, 15) is 18.4 Å². The van der Waals surface area contributed by atoms with Crippen molar-refractivity contribution in [2.45, 2.75) is 26.3 Å². The van der Waals surface area contributed by atoms with Crippen molar-refractivity contribution < 1.29 is 23.1 Å². The molecule has 2 heterocycles. The summed E-state index contributed by atoms with van der Waals surface area (Å²) < 4.78 is 32.8. The predicted molar refractivity (Wildman–Crippen MR) is 111 cm³/mol. The fourth-order valence-electron chi connectivity index (χ4n) is 3.63. The molecule has 1 atom stereocenters. The molecular weight excluding hydrogens is 434 g/mol. The van der Waals surface area contributed by atoms with Crippen molar-refractivity contribution in [3.63, 3.8) is 0 Å². The van der Waals surface area contributed by atoms with E-state index >= 15 is 0 Å². The van der Waals surface area contributed by atoms with E-state index in [1.54, 1.807) is 25.1 Å². The van der Waals surface area contributed by atoms with Crippen LogP contribution < -0.4 is 4.90 Å². The summed E-state index contributed by atoms with van der Waals surface area (Å²) in [4.78, 5) is 31.0. The van der Waals surface area contributed by atoms with Crippen molar-refractivity contribution >= 4 is 50.7 Å². The molecule has 1 aliphatic heterocycles. The number of carbonyl (C=O) groups excluding carboxylic acids is 2. The number of esters is 1. The Morgan fingerprint density at radius 3 is 2.90 bits per heavy atom. The van der Waals surface area contributed by atoms with Crippen molar-refractivity contribution in [1.29, 1.82) is 0 Å². The van der Waals surface area contributed by atoms with Crippen molar-refractivity contribution in [2.24, 2.45) is 5.92 Å². The lowest BCUT2D eigenvalue weighted by Gasteiger charge is -2.33. The van der Waals surface area contributed by atoms with Crippen LogP contribution in [0.1, 0.15) is 23.9 Å². The summed E-state index contributed by atoms with van der Waals surface area (Å²) in [5, 5.41) is 0.982. The van der Waals surface area contributed by atoms with Gasteiger partial charge in [0, 0.05) is 22.8 Å². The van der Waals surface area contributed by atoms with Crippen molar-refractivity contribution in [3.05, 3.63) is 57.6 Å². The highest BCUT2D eigenvalue weighted by Crippen LogP contribution is 2.36. The molecule has 0 fully saturated rings. The van der Waals surface area contributed by atoms with E-state index < -0.39 is 23.5 Å². The third-order valence-electron chi connectivity index (χ3n) is 4.88. The van der Waals surface area contributed by atoms with Gasteiger partial charge in [0.05, 0.1) is 35.7 Å². The molecule has 5 nitrogen and oxygen atoms in total. The maximum absolute atomic E-state index is 14.1. The van der Waals surface area contributed by atoms with Crippen LogP contribution in [0.4, 0.5) is 14.5 Å². The van der Waals surface area contributed by atoms with Crippen LogP contribution in [0, 0.1) is 17.6 Å². The highest BCUT2D eigenvalue weighted by molar-refractivity contribution is 7.18. The zero-order valence-electron chi connectivity index (χ0n) is 16.0. The number of ether oxygens (including phenoxy) is 1. The fourth-order valence-corrected chi connectivity index (χ4v) is 4.76. The van der Waals surface area contributed by atoms with E-state index in [1.165, 1.54) is 4.90 Å². The van der Waals surface area contributed by atoms with E-state index in [4.69, 9.17) is 16.3 Å². The number of amides is 1. The molecule has 0 spiro atoms. The van der Waals surface area contributed by atoms with Crippen LogP contribution in [-0.2, 0) is 27.3 Å². The van der Waals surface area contributed by atoms with E-state index in [0.29, 0.717) is 22.1 Å². The number of aromatic nitrogens is 1. The Hall–Kier alpha value is -2.58. The molecule has 0 N–H and O–H groups in total. The average molecular weight is 451 g/mol. The van der Waals surface area contributed by atoms with Gasteiger partial charge in [0.25, 0.3) is 0 Å². The van der Waals surface area contributed by atoms with Crippen LogP contribution in [0.2, 0.25) is 5.02 Å². The first kappa shape index (κ1) is 20.7. The molecule has 30 heavy (non-hydrogen) atoms. The Bertz CT molecular complexity index is 1150. The third-order valence-corrected chi connectivity index (χ3v) is 6.18. The smallest absolute Gasteiger partial charge is 0.306 e. The molecule has 0 bridgehead atoms. The summed E-state index contributed by atoms with van der Waals surface area (Å²) in [5.74, 6) is -2.69. The molecule has 0 saturated heterocycles. The number of nitrogens with zero attached hydrogens (tertiary/aromatic N) is 2. The van der Waals surface area contributed by atoms with E-state index in [-0.39, 0.29) is 35.7 Å². The van der Waals surface area contributed by atoms with Gasteiger partial charge < -0.3 is 9.64 Å². The minimum Gasteiger partial charge on any atom is -0.466 e. The lowest BCUT2D eigenvalue weighted by atomic mass is 9.89. The largest absolute Gasteiger partial charge is 0.466 e. The highest BCUT2D eigenvalue weighted by atomic mass is 35.5. The predicted octanol–water partition coefficient (Wildman–Crippen LogP) is 4.89. The zero-order valence-corrected chi connectivity index (χ0v) is 17.5. The van der Waals surface area contributed by atoms with Crippen LogP contribution in [0.25, 0.3) is 10.2 Å². The van der Waals surface area contributed by atoms with Gasteiger partial charge in [0.1, 0.15) is 16.6 Å². The molecule has 2 aromatic carbocycles. The molecule has 3 aromatic rings. The first-order valence-corrected chi connectivity index (χ1v) is 10.5. The molecule has 4 rings (SSSR count). The van der Waals surface area contributed by atoms with Gasteiger partial charge >= 0.3 is 5.97 Å². The second-order valence-electron chi connectivity index (χ2n) is 6.95. The quantitative estimate of drug-likeness (QED) is 0.519. The average Bonchev–Trinajstić information content (AvgIpc) is 3.08. The van der Waals surface area contributed by atoms with Gasteiger partial charge in [-0.25, -0.2) is 13.8 Å². The maximum atomic E-state index is 14.1. The van der Waals surface area contributed by atoms with Crippen molar-refractivity contribution in [3.8, 4) is 0 Å². The number of fused-ring (bicyclic) bond motifs is 2. The van der Waals surface area contributed by atoms with E-state index in [2.05, 4.69) is 4.98 Å². The molecule has 0 aliphatic carbocycles. The van der Waals surface area contributed by atoms with Crippen molar-refractivity contribution in [1.82, 2.24) is 4.98 Å². The summed E-state index contributed by atoms with van der Waals surface area (Å²) >= 11 is 7.19. The lowest BCUT2D eigenvalue weighted by Crippen LogP contribution is -2.41. The van der Waals surface area contributed by atoms with E-state index in [0.717, 1.165) is 29.0 Å². The molecule has 1 unspecified atom stereocenters. The van der Waals surface area contributed by atoms with Gasteiger partial charge in [-0.2, -0.15) is 0 Å². The first-order chi connectivity index (χ1) is 14.4. The summed E-state index contributed by atoms with van der Waals surface area (Å²) in [7, 11) is 0.